The van der Waals surface area contributed by atoms with Gasteiger partial charge in [0, 0.05) is 0 Å². The summed E-state index contributed by atoms with van der Waals surface area (Å²) in [5.74, 6) is 2.13. The second kappa shape index (κ2) is 19.6. The molecule has 7 heteroatoms. The van der Waals surface area contributed by atoms with Crippen LogP contribution >= 0.6 is 0 Å². The number of allylic oxidation sites excluding steroid dienone is 4. The Morgan fingerprint density at radius 3 is 2.00 bits per heavy atom. The zero-order valence-corrected chi connectivity index (χ0v) is 14.9. The van der Waals surface area contributed by atoms with E-state index in [-0.39, 0.29) is 52.8 Å². The average molecular weight is 307 g/mol. The molecule has 1 rings (SSSR count). The van der Waals surface area contributed by atoms with Gasteiger partial charge >= 0.3 is 81.1 Å². The van der Waals surface area contributed by atoms with Crippen molar-refractivity contribution in [3.63, 3.8) is 0 Å². The Kier molecular flexibility index (Phi) is 36.8. The molecule has 72 valence electrons. The summed E-state index contributed by atoms with van der Waals surface area (Å²) in [6, 6.07) is 0. The Hall–Kier alpha value is 2.09. The predicted octanol–water partition coefficient (Wildman–Crippen LogP) is -8.66. The van der Waals surface area contributed by atoms with Crippen molar-refractivity contribution in [1.29, 1.82) is 0 Å². The Morgan fingerprint density at radius 2 is 1.92 bits per heavy atom. The molecule has 0 bridgehead atoms. The van der Waals surface area contributed by atoms with Crippen LogP contribution < -0.4 is 37.2 Å². The van der Waals surface area contributed by atoms with E-state index in [1.165, 1.54) is 10.3 Å². The molecular formula is C6H11Al2Cl3OTi. The third-order valence-corrected chi connectivity index (χ3v) is 3.95. The van der Waals surface area contributed by atoms with Crippen molar-refractivity contribution in [2.24, 2.45) is 0 Å². The van der Waals surface area contributed by atoms with Crippen molar-refractivity contribution >= 4 is 32.2 Å². The van der Waals surface area contributed by atoms with Crippen LogP contribution in [0.2, 0.25) is 5.79 Å². The van der Waals surface area contributed by atoms with Crippen LogP contribution in [0, 0.1) is 0 Å². The van der Waals surface area contributed by atoms with E-state index in [0.717, 1.165) is 16.6 Å². The summed E-state index contributed by atoms with van der Waals surface area (Å²) in [6.07, 6.45) is 7.56. The first-order valence-electron chi connectivity index (χ1n) is 3.37. The zero-order chi connectivity index (χ0) is 7.82. The van der Waals surface area contributed by atoms with E-state index < -0.39 is 0 Å². The van der Waals surface area contributed by atoms with Crippen LogP contribution in [0.25, 0.3) is 0 Å². The summed E-state index contributed by atoms with van der Waals surface area (Å²) in [5.41, 5.74) is 0. The van der Waals surface area contributed by atoms with Crippen molar-refractivity contribution in [1.82, 2.24) is 0 Å². The molecule has 0 saturated carbocycles. The molecule has 0 saturated heterocycles. The van der Waals surface area contributed by atoms with Gasteiger partial charge < -0.3 is 40.1 Å². The van der Waals surface area contributed by atoms with Crippen LogP contribution in [0.3, 0.4) is 0 Å². The number of halogens is 3. The minimum atomic E-state index is -0.0139. The molecule has 0 amide bonds. The maximum absolute atomic E-state index is 4.82. The molecule has 0 spiro atoms. The van der Waals surface area contributed by atoms with Crippen molar-refractivity contribution < 1.29 is 60.5 Å². The molecule has 0 radical (unpaired) electrons. The molecule has 13 heavy (non-hydrogen) atoms. The van der Waals surface area contributed by atoms with E-state index >= 15 is 0 Å². The predicted molar refractivity (Wildman–Crippen MR) is 44.5 cm³/mol. The molecule has 0 heterocycles. The first-order valence-corrected chi connectivity index (χ1v) is 6.96. The normalized spacial score (nSPS) is 10.5. The molecule has 1 aliphatic rings. The van der Waals surface area contributed by atoms with E-state index in [2.05, 4.69) is 44.4 Å². The quantitative estimate of drug-likeness (QED) is 0.437. The summed E-state index contributed by atoms with van der Waals surface area (Å²) in [5, 5.41) is 0. The molecular weight excluding hydrogens is 296 g/mol. The second-order valence-corrected chi connectivity index (χ2v) is 5.79. The molecule has 0 N–H and O–H groups in total. The summed E-state index contributed by atoms with van der Waals surface area (Å²) < 4.78 is 6.29. The van der Waals surface area contributed by atoms with E-state index in [4.69, 9.17) is 2.84 Å². The number of hydrogen-bond acceptors (Lipinski definition) is 1. The SMILES string of the molecule is [CH3][AlH][O][AlH2].[Cl-].[Cl-].[Cl-].[Ti+3][C]1=CC=CC1. The summed E-state index contributed by atoms with van der Waals surface area (Å²) in [6.45, 7) is 0. The molecule has 0 aliphatic heterocycles. The molecule has 0 aromatic heterocycles. The van der Waals surface area contributed by atoms with Crippen molar-refractivity contribution in [3.05, 3.63) is 22.1 Å². The van der Waals surface area contributed by atoms with Gasteiger partial charge in [-0.25, -0.2) is 0 Å². The van der Waals surface area contributed by atoms with E-state index in [1.807, 2.05) is 0 Å². The van der Waals surface area contributed by atoms with E-state index in [0.29, 0.717) is 0 Å². The van der Waals surface area contributed by atoms with Gasteiger partial charge in [0.15, 0.2) is 0 Å². The summed E-state index contributed by atoms with van der Waals surface area (Å²) >= 11 is 3.08. The van der Waals surface area contributed by atoms with Gasteiger partial charge in [-0.15, -0.1) is 0 Å². The Bertz CT molecular complexity index is 142. The number of rotatable bonds is 1. The topological polar surface area (TPSA) is 9.23 Å². The van der Waals surface area contributed by atoms with Gasteiger partial charge in [-0.1, -0.05) is 5.79 Å². The molecule has 1 aliphatic carbocycles. The first-order chi connectivity index (χ1) is 4.81. The van der Waals surface area contributed by atoms with Gasteiger partial charge in [-0.05, 0) is 0 Å². The van der Waals surface area contributed by atoms with Gasteiger partial charge in [0.1, 0.15) is 0 Å². The van der Waals surface area contributed by atoms with Crippen LogP contribution in [-0.2, 0) is 23.3 Å². The first kappa shape index (κ1) is 24.4. The Balaban J connectivity index is -0.0000000536. The Morgan fingerprint density at radius 1 is 1.46 bits per heavy atom. The number of hydrogen-bond donors (Lipinski definition) is 0. The van der Waals surface area contributed by atoms with E-state index in [9.17, 15) is 0 Å². The third kappa shape index (κ3) is 20.2. The molecule has 0 unspecified atom stereocenters. The molecule has 0 atom stereocenters. The van der Waals surface area contributed by atoms with Crippen LogP contribution in [0.4, 0.5) is 0 Å². The van der Waals surface area contributed by atoms with Crippen LogP contribution in [0.1, 0.15) is 6.42 Å². The third-order valence-electron chi connectivity index (χ3n) is 1.06. The fourth-order valence-corrected chi connectivity index (χ4v) is 0.782. The van der Waals surface area contributed by atoms with Gasteiger partial charge in [-0.2, -0.15) is 0 Å². The maximum atomic E-state index is 4.82. The van der Waals surface area contributed by atoms with Crippen molar-refractivity contribution in [2.75, 3.05) is 0 Å². The average Bonchev–Trinajstić information content (AvgIpc) is 2.40. The zero-order valence-electron chi connectivity index (χ0n) is 7.69. The van der Waals surface area contributed by atoms with Crippen LogP contribution in [0.5, 0.6) is 0 Å². The van der Waals surface area contributed by atoms with Gasteiger partial charge in [0.2, 0.25) is 0 Å². The van der Waals surface area contributed by atoms with Crippen LogP contribution in [0.15, 0.2) is 22.1 Å². The summed E-state index contributed by atoms with van der Waals surface area (Å²) in [4.78, 5) is 0. The molecule has 0 aromatic carbocycles. The molecule has 0 aromatic rings. The van der Waals surface area contributed by atoms with Gasteiger partial charge in [-0.3, -0.25) is 0 Å². The Labute approximate surface area is 126 Å². The van der Waals surface area contributed by atoms with Gasteiger partial charge in [0.25, 0.3) is 0 Å². The van der Waals surface area contributed by atoms with Crippen molar-refractivity contribution in [2.45, 2.75) is 12.2 Å². The fourth-order valence-electron chi connectivity index (χ4n) is 0.447. The molecule has 0 fully saturated rings. The second-order valence-electron chi connectivity index (χ2n) is 1.90. The molecule has 1 nitrogen and oxygen atoms in total. The van der Waals surface area contributed by atoms with E-state index in [1.54, 1.807) is 0 Å². The standard InChI is InChI=1S/C5H5.CH3.2Al.3ClH.O.Ti.3H/c1-2-4-5-3-1;;;;;;;;;;;/h1-3H,4H2;1H3;;;3*1H;;;;;/q;;;;;;;;+3;;;/p-3. The van der Waals surface area contributed by atoms with Crippen molar-refractivity contribution in [3.8, 4) is 0 Å². The monoisotopic (exact) mass is 306 g/mol. The fraction of sp³-hybridized carbons (Fsp3) is 0.333. The minimum absolute atomic E-state index is 0. The van der Waals surface area contributed by atoms with Crippen LogP contribution in [-0.4, -0.2) is 32.2 Å². The summed E-state index contributed by atoms with van der Waals surface area (Å²) in [7, 11) is 0. The van der Waals surface area contributed by atoms with Gasteiger partial charge in [0.05, 0.1) is 0 Å².